The van der Waals surface area contributed by atoms with E-state index in [4.69, 9.17) is 0 Å². The Bertz CT molecular complexity index is 150. The fourth-order valence-corrected chi connectivity index (χ4v) is 3.32. The molecule has 1 amide bonds. The predicted octanol–water partition coefficient (Wildman–Crippen LogP) is 1.21. The first-order valence-electron chi connectivity index (χ1n) is 3.79. The standard InChI is InChI=1S/C7H15NOSi/c1-10(2,3)6-4-5-8-7(6)9/h6H,4-5H2,1-3H3,(H,8,9). The summed E-state index contributed by atoms with van der Waals surface area (Å²) in [7, 11) is -1.20. The summed E-state index contributed by atoms with van der Waals surface area (Å²) in [5.74, 6) is 0.291. The number of nitrogens with one attached hydrogen (secondary N) is 1. The van der Waals surface area contributed by atoms with Gasteiger partial charge >= 0.3 is 0 Å². The molecule has 1 saturated heterocycles. The third-order valence-corrected chi connectivity index (χ3v) is 4.74. The highest BCUT2D eigenvalue weighted by molar-refractivity contribution is 6.80. The van der Waals surface area contributed by atoms with E-state index in [1.54, 1.807) is 0 Å². The molecule has 58 valence electrons. The van der Waals surface area contributed by atoms with Crippen molar-refractivity contribution in [3.05, 3.63) is 0 Å². The Morgan fingerprint density at radius 1 is 1.50 bits per heavy atom. The van der Waals surface area contributed by atoms with Crippen LogP contribution in [-0.2, 0) is 4.79 Å². The minimum Gasteiger partial charge on any atom is -0.356 e. The summed E-state index contributed by atoms with van der Waals surface area (Å²) in [4.78, 5) is 11.1. The van der Waals surface area contributed by atoms with Crippen molar-refractivity contribution in [3.63, 3.8) is 0 Å². The third-order valence-electron chi connectivity index (χ3n) is 2.09. The molecule has 1 aliphatic heterocycles. The number of rotatable bonds is 1. The fourth-order valence-electron chi connectivity index (χ4n) is 1.42. The van der Waals surface area contributed by atoms with Gasteiger partial charge in [-0.25, -0.2) is 0 Å². The van der Waals surface area contributed by atoms with E-state index in [2.05, 4.69) is 25.0 Å². The van der Waals surface area contributed by atoms with Crippen LogP contribution < -0.4 is 5.32 Å². The zero-order valence-corrected chi connectivity index (χ0v) is 7.90. The van der Waals surface area contributed by atoms with E-state index in [1.165, 1.54) is 0 Å². The SMILES string of the molecule is C[Si](C)(C)C1CCNC1=O. The average molecular weight is 157 g/mol. The third kappa shape index (κ3) is 1.40. The first-order chi connectivity index (χ1) is 4.52. The molecule has 0 spiro atoms. The van der Waals surface area contributed by atoms with E-state index in [0.717, 1.165) is 13.0 Å². The quantitative estimate of drug-likeness (QED) is 0.570. The lowest BCUT2D eigenvalue weighted by Gasteiger charge is -2.21. The molecule has 1 heterocycles. The lowest BCUT2D eigenvalue weighted by atomic mass is 10.4. The van der Waals surface area contributed by atoms with Crippen molar-refractivity contribution in [2.45, 2.75) is 31.6 Å². The normalized spacial score (nSPS) is 26.7. The maximum absolute atomic E-state index is 11.1. The van der Waals surface area contributed by atoms with Gasteiger partial charge in [0.05, 0.1) is 8.07 Å². The number of carbonyl (C=O) groups is 1. The highest BCUT2D eigenvalue weighted by Gasteiger charge is 2.35. The lowest BCUT2D eigenvalue weighted by Crippen LogP contribution is -2.33. The molecule has 0 aliphatic carbocycles. The van der Waals surface area contributed by atoms with Gasteiger partial charge in [0.25, 0.3) is 0 Å². The number of amides is 1. The van der Waals surface area contributed by atoms with Gasteiger partial charge in [0.2, 0.25) is 5.91 Å². The largest absolute Gasteiger partial charge is 0.356 e. The Balaban J connectivity index is 2.64. The van der Waals surface area contributed by atoms with Crippen molar-refractivity contribution < 1.29 is 4.79 Å². The Morgan fingerprint density at radius 2 is 2.10 bits per heavy atom. The van der Waals surface area contributed by atoms with Crippen LogP contribution in [0.3, 0.4) is 0 Å². The summed E-state index contributed by atoms with van der Waals surface area (Å²) in [6, 6.07) is 0. The molecule has 1 unspecified atom stereocenters. The lowest BCUT2D eigenvalue weighted by molar-refractivity contribution is -0.119. The van der Waals surface area contributed by atoms with Crippen LogP contribution >= 0.6 is 0 Å². The summed E-state index contributed by atoms with van der Waals surface area (Å²) in [6.07, 6.45) is 1.06. The van der Waals surface area contributed by atoms with E-state index in [9.17, 15) is 4.79 Å². The molecule has 0 aromatic carbocycles. The van der Waals surface area contributed by atoms with Crippen molar-refractivity contribution in [2.24, 2.45) is 0 Å². The minimum atomic E-state index is -1.20. The van der Waals surface area contributed by atoms with Crippen LogP contribution in [0.1, 0.15) is 6.42 Å². The van der Waals surface area contributed by atoms with E-state index >= 15 is 0 Å². The van der Waals surface area contributed by atoms with Crippen LogP contribution in [0.15, 0.2) is 0 Å². The fraction of sp³-hybridized carbons (Fsp3) is 0.857. The molecule has 0 saturated carbocycles. The number of hydrogen-bond donors (Lipinski definition) is 1. The summed E-state index contributed by atoms with van der Waals surface area (Å²) >= 11 is 0. The van der Waals surface area contributed by atoms with E-state index in [1.807, 2.05) is 0 Å². The van der Waals surface area contributed by atoms with E-state index in [-0.39, 0.29) is 0 Å². The maximum atomic E-state index is 11.1. The molecule has 0 aromatic rings. The Labute approximate surface area is 63.0 Å². The number of hydrogen-bond acceptors (Lipinski definition) is 1. The topological polar surface area (TPSA) is 29.1 Å². The molecule has 1 fully saturated rings. The molecule has 1 N–H and O–H groups in total. The zero-order chi connectivity index (χ0) is 7.78. The van der Waals surface area contributed by atoms with Gasteiger partial charge < -0.3 is 5.32 Å². The summed E-state index contributed by atoms with van der Waals surface area (Å²) in [6.45, 7) is 7.65. The van der Waals surface area contributed by atoms with E-state index in [0.29, 0.717) is 11.4 Å². The average Bonchev–Trinajstić information content (AvgIpc) is 2.11. The molecule has 10 heavy (non-hydrogen) atoms. The zero-order valence-electron chi connectivity index (χ0n) is 6.90. The molecule has 0 bridgehead atoms. The van der Waals surface area contributed by atoms with Gasteiger partial charge in [-0.15, -0.1) is 0 Å². The second kappa shape index (κ2) is 2.38. The van der Waals surface area contributed by atoms with Gasteiger partial charge in [0, 0.05) is 12.1 Å². The van der Waals surface area contributed by atoms with Gasteiger partial charge in [0.1, 0.15) is 0 Å². The van der Waals surface area contributed by atoms with Crippen LogP contribution in [0.5, 0.6) is 0 Å². The van der Waals surface area contributed by atoms with Crippen LogP contribution in [0.2, 0.25) is 25.2 Å². The molecule has 3 heteroatoms. The molecule has 0 radical (unpaired) electrons. The smallest absolute Gasteiger partial charge is 0.220 e. The Hall–Kier alpha value is -0.313. The van der Waals surface area contributed by atoms with Crippen LogP contribution in [0.25, 0.3) is 0 Å². The molecule has 1 atom stereocenters. The first-order valence-corrected chi connectivity index (χ1v) is 7.37. The molecule has 2 nitrogen and oxygen atoms in total. The molecule has 0 aromatic heterocycles. The van der Waals surface area contributed by atoms with E-state index < -0.39 is 8.07 Å². The van der Waals surface area contributed by atoms with Gasteiger partial charge in [-0.1, -0.05) is 19.6 Å². The molecule has 1 aliphatic rings. The van der Waals surface area contributed by atoms with Crippen LogP contribution in [0.4, 0.5) is 0 Å². The Morgan fingerprint density at radius 3 is 2.30 bits per heavy atom. The molecular formula is C7H15NOSi. The van der Waals surface area contributed by atoms with Crippen LogP contribution in [0, 0.1) is 0 Å². The van der Waals surface area contributed by atoms with Gasteiger partial charge in [0.15, 0.2) is 0 Å². The summed E-state index contributed by atoms with van der Waals surface area (Å²) < 4.78 is 0. The van der Waals surface area contributed by atoms with Gasteiger partial charge in [-0.05, 0) is 6.42 Å². The van der Waals surface area contributed by atoms with Crippen molar-refractivity contribution in [1.82, 2.24) is 5.32 Å². The highest BCUT2D eigenvalue weighted by atomic mass is 28.3. The first kappa shape index (κ1) is 7.79. The molecular weight excluding hydrogens is 142 g/mol. The molecule has 1 rings (SSSR count). The maximum Gasteiger partial charge on any atom is 0.220 e. The monoisotopic (exact) mass is 157 g/mol. The second-order valence-electron chi connectivity index (χ2n) is 4.00. The van der Waals surface area contributed by atoms with Gasteiger partial charge in [-0.2, -0.15) is 0 Å². The minimum absolute atomic E-state index is 0.291. The van der Waals surface area contributed by atoms with Crippen molar-refractivity contribution in [3.8, 4) is 0 Å². The van der Waals surface area contributed by atoms with Crippen LogP contribution in [-0.4, -0.2) is 20.5 Å². The van der Waals surface area contributed by atoms with Crippen molar-refractivity contribution in [1.29, 1.82) is 0 Å². The predicted molar refractivity (Wildman–Crippen MR) is 44.7 cm³/mol. The van der Waals surface area contributed by atoms with Crippen molar-refractivity contribution in [2.75, 3.05) is 6.54 Å². The number of carbonyl (C=O) groups excluding carboxylic acids is 1. The van der Waals surface area contributed by atoms with Gasteiger partial charge in [-0.3, -0.25) is 4.79 Å². The summed E-state index contributed by atoms with van der Waals surface area (Å²) in [5.41, 5.74) is 0.368. The second-order valence-corrected chi connectivity index (χ2v) is 9.43. The highest BCUT2D eigenvalue weighted by Crippen LogP contribution is 2.28. The van der Waals surface area contributed by atoms with Crippen molar-refractivity contribution >= 4 is 14.0 Å². The Kier molecular flexibility index (Phi) is 1.85. The summed E-state index contributed by atoms with van der Waals surface area (Å²) in [5, 5.41) is 2.87.